The van der Waals surface area contributed by atoms with Crippen LogP contribution in [0, 0.1) is 0 Å². The average Bonchev–Trinajstić information content (AvgIpc) is 2.70. The van der Waals surface area contributed by atoms with Crippen LogP contribution in [0.5, 0.6) is 11.5 Å². The third-order valence-electron chi connectivity index (χ3n) is 3.96. The van der Waals surface area contributed by atoms with Crippen molar-refractivity contribution in [1.29, 1.82) is 0 Å². The second kappa shape index (κ2) is 8.26. The van der Waals surface area contributed by atoms with Crippen LogP contribution in [0.1, 0.15) is 5.56 Å². The van der Waals surface area contributed by atoms with Gasteiger partial charge < -0.3 is 19.4 Å². The summed E-state index contributed by atoms with van der Waals surface area (Å²) in [5.74, 6) is -2.65. The molecule has 2 aromatic rings. The summed E-state index contributed by atoms with van der Waals surface area (Å²) in [5.41, 5.74) is 0.472. The van der Waals surface area contributed by atoms with Gasteiger partial charge in [0, 0.05) is 0 Å². The molecule has 1 aliphatic rings. The van der Waals surface area contributed by atoms with E-state index in [0.717, 1.165) is 4.90 Å². The van der Waals surface area contributed by atoms with Crippen LogP contribution in [0.2, 0.25) is 0 Å². The maximum Gasteiger partial charge on any atom is 0.335 e. The van der Waals surface area contributed by atoms with Crippen LogP contribution in [0.4, 0.5) is 10.5 Å². The number of carbonyl (C=O) groups is 4. The molecule has 1 saturated heterocycles. The van der Waals surface area contributed by atoms with Gasteiger partial charge in [0.05, 0.1) is 18.8 Å². The van der Waals surface area contributed by atoms with Gasteiger partial charge in [-0.25, -0.2) is 9.69 Å². The monoisotopic (exact) mass is 395 g/mol. The molecule has 0 spiro atoms. The van der Waals surface area contributed by atoms with Crippen LogP contribution in [0.3, 0.4) is 0 Å². The van der Waals surface area contributed by atoms with Gasteiger partial charge in [-0.05, 0) is 35.9 Å². The summed E-state index contributed by atoms with van der Waals surface area (Å²) in [6, 6.07) is 11.7. The number of methoxy groups -OCH3 is 1. The number of barbiturate groups is 1. The van der Waals surface area contributed by atoms with Crippen LogP contribution < -0.4 is 24.8 Å². The number of hydrogen-bond donors (Lipinski definition) is 1. The Labute approximate surface area is 165 Å². The molecule has 1 heterocycles. The van der Waals surface area contributed by atoms with E-state index in [-0.39, 0.29) is 17.1 Å². The Balaban J connectivity index is 1.93. The van der Waals surface area contributed by atoms with E-state index in [0.29, 0.717) is 11.3 Å². The summed E-state index contributed by atoms with van der Waals surface area (Å²) in [6.45, 7) is -0.661. The quantitative estimate of drug-likeness (QED) is 0.557. The first kappa shape index (κ1) is 19.6. The van der Waals surface area contributed by atoms with Crippen molar-refractivity contribution in [3.63, 3.8) is 0 Å². The topological polar surface area (TPSA) is 125 Å². The van der Waals surface area contributed by atoms with Gasteiger partial charge in [0.1, 0.15) is 12.2 Å². The number of imide groups is 2. The van der Waals surface area contributed by atoms with Gasteiger partial charge in [0.25, 0.3) is 11.8 Å². The van der Waals surface area contributed by atoms with Gasteiger partial charge in [-0.15, -0.1) is 0 Å². The van der Waals surface area contributed by atoms with Gasteiger partial charge in [-0.1, -0.05) is 24.3 Å². The third kappa shape index (κ3) is 4.24. The SMILES string of the molecule is COc1cc(/C=C2\C(=O)NC(=O)N(c3ccccc3)C2=O)ccc1OCC(=O)[O-]. The Morgan fingerprint density at radius 1 is 1.10 bits per heavy atom. The van der Waals surface area contributed by atoms with Crippen molar-refractivity contribution in [3.05, 3.63) is 59.7 Å². The van der Waals surface area contributed by atoms with Gasteiger partial charge in [0.2, 0.25) is 0 Å². The lowest BCUT2D eigenvalue weighted by molar-refractivity contribution is -0.307. The number of nitrogens with one attached hydrogen (secondary N) is 1. The summed E-state index contributed by atoms with van der Waals surface area (Å²) in [5, 5.41) is 12.7. The molecule has 0 aliphatic carbocycles. The van der Waals surface area contributed by atoms with Crippen molar-refractivity contribution >= 4 is 35.6 Å². The largest absolute Gasteiger partial charge is 0.546 e. The molecule has 0 saturated carbocycles. The Hall–Kier alpha value is -4.14. The molecule has 0 aromatic heterocycles. The smallest absolute Gasteiger partial charge is 0.335 e. The van der Waals surface area contributed by atoms with Crippen molar-refractivity contribution in [1.82, 2.24) is 5.32 Å². The molecule has 0 bridgehead atoms. The molecule has 0 unspecified atom stereocenters. The maximum absolute atomic E-state index is 12.8. The van der Waals surface area contributed by atoms with E-state index >= 15 is 0 Å². The molecular formula is C20H15N2O7-. The fourth-order valence-corrected chi connectivity index (χ4v) is 2.67. The zero-order valence-corrected chi connectivity index (χ0v) is 15.2. The van der Waals surface area contributed by atoms with E-state index in [2.05, 4.69) is 5.32 Å². The Morgan fingerprint density at radius 3 is 2.48 bits per heavy atom. The standard InChI is InChI=1S/C20H16N2O7/c1-28-16-10-12(7-8-15(16)29-11-17(23)24)9-14-18(25)21-20(27)22(19(14)26)13-5-3-2-4-6-13/h2-10H,11H2,1H3,(H,23,24)(H,21,25,27)/p-1/b14-9+. The van der Waals surface area contributed by atoms with Crippen LogP contribution in [0.25, 0.3) is 6.08 Å². The first-order valence-electron chi connectivity index (χ1n) is 8.38. The van der Waals surface area contributed by atoms with E-state index in [9.17, 15) is 24.3 Å². The number of nitrogens with zero attached hydrogens (tertiary/aromatic N) is 1. The van der Waals surface area contributed by atoms with Crippen LogP contribution in [-0.4, -0.2) is 37.5 Å². The first-order chi connectivity index (χ1) is 13.9. The number of rotatable bonds is 6. The summed E-state index contributed by atoms with van der Waals surface area (Å²) < 4.78 is 10.2. The zero-order chi connectivity index (χ0) is 21.0. The summed E-state index contributed by atoms with van der Waals surface area (Å²) in [4.78, 5) is 48.6. The minimum Gasteiger partial charge on any atom is -0.546 e. The van der Waals surface area contributed by atoms with Crippen molar-refractivity contribution in [2.24, 2.45) is 0 Å². The number of carboxylic acids is 1. The lowest BCUT2D eigenvalue weighted by atomic mass is 10.1. The van der Waals surface area contributed by atoms with E-state index < -0.39 is 30.4 Å². The number of urea groups is 1. The zero-order valence-electron chi connectivity index (χ0n) is 15.2. The lowest BCUT2D eigenvalue weighted by Crippen LogP contribution is -2.54. The highest BCUT2D eigenvalue weighted by molar-refractivity contribution is 6.39. The summed E-state index contributed by atoms with van der Waals surface area (Å²) in [7, 11) is 1.35. The highest BCUT2D eigenvalue weighted by Crippen LogP contribution is 2.29. The minimum absolute atomic E-state index is 0.152. The molecule has 0 atom stereocenters. The molecule has 9 nitrogen and oxygen atoms in total. The number of anilines is 1. The molecule has 9 heteroatoms. The van der Waals surface area contributed by atoms with Gasteiger partial charge in [0.15, 0.2) is 11.5 Å². The van der Waals surface area contributed by atoms with Crippen LogP contribution in [-0.2, 0) is 14.4 Å². The number of benzene rings is 2. The molecule has 148 valence electrons. The van der Waals surface area contributed by atoms with Crippen molar-refractivity contribution in [3.8, 4) is 11.5 Å². The Morgan fingerprint density at radius 2 is 1.83 bits per heavy atom. The molecule has 29 heavy (non-hydrogen) atoms. The second-order valence-electron chi connectivity index (χ2n) is 5.86. The summed E-state index contributed by atoms with van der Waals surface area (Å²) in [6.07, 6.45) is 1.30. The lowest BCUT2D eigenvalue weighted by Gasteiger charge is -2.26. The van der Waals surface area contributed by atoms with Crippen LogP contribution in [0.15, 0.2) is 54.1 Å². The predicted octanol–water partition coefficient (Wildman–Crippen LogP) is 0.490. The molecule has 0 radical (unpaired) electrons. The molecule has 1 fully saturated rings. The number of carbonyl (C=O) groups excluding carboxylic acids is 4. The fraction of sp³-hybridized carbons (Fsp3) is 0.100. The van der Waals surface area contributed by atoms with E-state index in [1.54, 1.807) is 30.3 Å². The van der Waals surface area contributed by atoms with Gasteiger partial charge in [-0.3, -0.25) is 14.9 Å². The molecule has 3 rings (SSSR count). The molecular weight excluding hydrogens is 380 g/mol. The van der Waals surface area contributed by atoms with Crippen molar-refractivity contribution in [2.45, 2.75) is 0 Å². The van der Waals surface area contributed by atoms with E-state index in [1.807, 2.05) is 0 Å². The average molecular weight is 395 g/mol. The molecule has 1 aliphatic heterocycles. The van der Waals surface area contributed by atoms with Gasteiger partial charge in [-0.2, -0.15) is 0 Å². The highest BCUT2D eigenvalue weighted by Gasteiger charge is 2.36. The number of amides is 4. The molecule has 2 aromatic carbocycles. The first-order valence-corrected chi connectivity index (χ1v) is 8.38. The summed E-state index contributed by atoms with van der Waals surface area (Å²) >= 11 is 0. The van der Waals surface area contributed by atoms with E-state index in [1.165, 1.54) is 31.4 Å². The van der Waals surface area contributed by atoms with Crippen molar-refractivity contribution in [2.75, 3.05) is 18.6 Å². The van der Waals surface area contributed by atoms with Crippen molar-refractivity contribution < 1.29 is 33.8 Å². The predicted molar refractivity (Wildman–Crippen MR) is 98.9 cm³/mol. The third-order valence-corrected chi connectivity index (χ3v) is 3.96. The minimum atomic E-state index is -1.40. The Kier molecular flexibility index (Phi) is 5.59. The number of aliphatic carboxylic acids is 1. The van der Waals surface area contributed by atoms with E-state index in [4.69, 9.17) is 9.47 Å². The number of para-hydroxylation sites is 1. The normalized spacial score (nSPS) is 15.3. The number of hydrogen-bond acceptors (Lipinski definition) is 7. The number of ether oxygens (including phenoxy) is 2. The maximum atomic E-state index is 12.8. The fourth-order valence-electron chi connectivity index (χ4n) is 2.67. The Bertz CT molecular complexity index is 1010. The molecule has 1 N–H and O–H groups in total. The second-order valence-corrected chi connectivity index (χ2v) is 5.86. The van der Waals surface area contributed by atoms with Gasteiger partial charge >= 0.3 is 6.03 Å². The number of carboxylic acid groups (broad SMARTS) is 1. The van der Waals surface area contributed by atoms with Crippen LogP contribution >= 0.6 is 0 Å². The highest BCUT2D eigenvalue weighted by atomic mass is 16.5. The molecule has 4 amide bonds.